The number of hydrogen-bond donors (Lipinski definition) is 0. The van der Waals surface area contributed by atoms with E-state index < -0.39 is 22.7 Å². The van der Waals surface area contributed by atoms with Crippen LogP contribution in [0, 0.1) is 0 Å². The number of halogens is 1. The average Bonchev–Trinajstić information content (AvgIpc) is 2.62. The molecule has 1 heterocycles. The molecule has 1 aromatic heterocycles. The normalized spacial score (nSPS) is 11.6. The van der Waals surface area contributed by atoms with Gasteiger partial charge in [-0.05, 0) is 44.5 Å². The van der Waals surface area contributed by atoms with Crippen LogP contribution in [0.1, 0.15) is 26.3 Å². The average molecular weight is 401 g/mol. The third kappa shape index (κ3) is 4.34. The van der Waals surface area contributed by atoms with Crippen LogP contribution in [0.15, 0.2) is 58.1 Å². The lowest BCUT2D eigenvalue weighted by Crippen LogP contribution is -2.43. The van der Waals surface area contributed by atoms with Crippen molar-refractivity contribution in [3.05, 3.63) is 79.8 Å². The minimum atomic E-state index is -0.795. The molecule has 0 radical (unpaired) electrons. The first-order valence-electron chi connectivity index (χ1n) is 8.84. The van der Waals surface area contributed by atoms with E-state index in [9.17, 15) is 14.4 Å². The third-order valence-corrected chi connectivity index (χ3v) is 4.32. The van der Waals surface area contributed by atoms with Gasteiger partial charge < -0.3 is 4.74 Å². The summed E-state index contributed by atoms with van der Waals surface area (Å²) in [4.78, 5) is 37.9. The van der Waals surface area contributed by atoms with Gasteiger partial charge in [0.2, 0.25) is 0 Å². The minimum absolute atomic E-state index is 0.236. The first-order chi connectivity index (χ1) is 13.2. The van der Waals surface area contributed by atoms with Gasteiger partial charge in [0.15, 0.2) is 0 Å². The van der Waals surface area contributed by atoms with Crippen LogP contribution in [0.2, 0.25) is 5.02 Å². The van der Waals surface area contributed by atoms with E-state index in [2.05, 4.69) is 0 Å². The fourth-order valence-electron chi connectivity index (χ4n) is 2.97. The maximum absolute atomic E-state index is 12.8. The molecule has 0 amide bonds. The van der Waals surface area contributed by atoms with E-state index in [1.54, 1.807) is 39.0 Å². The van der Waals surface area contributed by atoms with Crippen molar-refractivity contribution in [3.63, 3.8) is 0 Å². The van der Waals surface area contributed by atoms with E-state index in [1.165, 1.54) is 4.57 Å². The number of benzene rings is 2. The van der Waals surface area contributed by atoms with Crippen molar-refractivity contribution in [2.75, 3.05) is 0 Å². The number of aromatic nitrogens is 2. The van der Waals surface area contributed by atoms with Crippen molar-refractivity contribution in [1.82, 2.24) is 9.13 Å². The molecule has 0 saturated carbocycles. The molecule has 0 aliphatic carbocycles. The Morgan fingerprint density at radius 3 is 2.25 bits per heavy atom. The zero-order valence-corrected chi connectivity index (χ0v) is 16.7. The zero-order valence-electron chi connectivity index (χ0n) is 15.9. The van der Waals surface area contributed by atoms with Crippen LogP contribution >= 0.6 is 11.6 Å². The Labute approximate surface area is 166 Å². The fourth-order valence-corrected chi connectivity index (χ4v) is 3.14. The van der Waals surface area contributed by atoms with Crippen molar-refractivity contribution in [1.29, 1.82) is 0 Å². The molecular formula is C21H21ClN2O4. The lowest BCUT2D eigenvalue weighted by atomic mass is 10.2. The van der Waals surface area contributed by atoms with Gasteiger partial charge >= 0.3 is 17.1 Å². The molecular weight excluding hydrogens is 380 g/mol. The highest BCUT2D eigenvalue weighted by Gasteiger charge is 2.20. The molecule has 7 heteroatoms. The topological polar surface area (TPSA) is 70.3 Å². The molecule has 0 spiro atoms. The number of carbonyl (C=O) groups is 1. The molecule has 0 saturated heterocycles. The summed E-state index contributed by atoms with van der Waals surface area (Å²) in [6.45, 7) is 5.08. The van der Waals surface area contributed by atoms with E-state index >= 15 is 0 Å². The number of esters is 1. The van der Waals surface area contributed by atoms with Crippen LogP contribution in [0.4, 0.5) is 0 Å². The zero-order chi connectivity index (χ0) is 20.5. The van der Waals surface area contributed by atoms with Crippen LogP contribution in [-0.4, -0.2) is 20.7 Å². The highest BCUT2D eigenvalue weighted by molar-refractivity contribution is 6.31. The molecule has 0 unspecified atom stereocenters. The van der Waals surface area contributed by atoms with Crippen LogP contribution in [0.5, 0.6) is 0 Å². The monoisotopic (exact) mass is 400 g/mol. The van der Waals surface area contributed by atoms with E-state index in [0.717, 1.165) is 10.1 Å². The van der Waals surface area contributed by atoms with Gasteiger partial charge in [0.05, 0.1) is 17.6 Å². The summed E-state index contributed by atoms with van der Waals surface area (Å²) < 4.78 is 7.82. The first-order valence-corrected chi connectivity index (χ1v) is 9.22. The standard InChI is InChI=1S/C21H21ClN2O4/c1-21(2,3)28-18(25)13-24-17-11-15(22)9-10-16(17)23(19(26)20(24)27)12-14-7-5-4-6-8-14/h4-11H,12-13H2,1-3H3. The first kappa shape index (κ1) is 19.9. The highest BCUT2D eigenvalue weighted by Crippen LogP contribution is 2.19. The van der Waals surface area contributed by atoms with Crippen molar-refractivity contribution in [2.45, 2.75) is 39.5 Å². The SMILES string of the molecule is CC(C)(C)OC(=O)Cn1c(=O)c(=O)n(Cc2ccccc2)c2ccc(Cl)cc21. The molecule has 3 rings (SSSR count). The molecule has 0 aliphatic rings. The summed E-state index contributed by atoms with van der Waals surface area (Å²) in [5.74, 6) is -0.601. The Balaban J connectivity index is 2.16. The number of ether oxygens (including phenoxy) is 1. The maximum Gasteiger partial charge on any atom is 0.326 e. The second-order valence-corrected chi connectivity index (χ2v) is 7.92. The van der Waals surface area contributed by atoms with Crippen molar-refractivity contribution < 1.29 is 9.53 Å². The Hall–Kier alpha value is -2.86. The maximum atomic E-state index is 12.8. The largest absolute Gasteiger partial charge is 0.459 e. The third-order valence-electron chi connectivity index (χ3n) is 4.08. The molecule has 6 nitrogen and oxygen atoms in total. The number of nitrogens with zero attached hydrogens (tertiary/aromatic N) is 2. The predicted molar refractivity (Wildman–Crippen MR) is 109 cm³/mol. The van der Waals surface area contributed by atoms with Crippen LogP contribution in [0.3, 0.4) is 0 Å². The summed E-state index contributed by atoms with van der Waals surface area (Å²) in [5.41, 5.74) is -0.402. The van der Waals surface area contributed by atoms with E-state index in [0.29, 0.717) is 16.1 Å². The molecule has 2 aromatic carbocycles. The second-order valence-electron chi connectivity index (χ2n) is 7.49. The Bertz CT molecular complexity index is 1140. The molecule has 146 valence electrons. The molecule has 0 atom stereocenters. The number of rotatable bonds is 4. The van der Waals surface area contributed by atoms with Crippen LogP contribution in [-0.2, 0) is 22.6 Å². The molecule has 3 aromatic rings. The van der Waals surface area contributed by atoms with Crippen molar-refractivity contribution >= 4 is 28.6 Å². The van der Waals surface area contributed by atoms with E-state index in [-0.39, 0.29) is 13.1 Å². The quantitative estimate of drug-likeness (QED) is 0.498. The smallest absolute Gasteiger partial charge is 0.326 e. The van der Waals surface area contributed by atoms with Gasteiger partial charge in [-0.25, -0.2) is 0 Å². The Kier molecular flexibility index (Phi) is 5.42. The minimum Gasteiger partial charge on any atom is -0.459 e. The van der Waals surface area contributed by atoms with Gasteiger partial charge in [-0.3, -0.25) is 23.5 Å². The summed E-state index contributed by atoms with van der Waals surface area (Å²) in [6.07, 6.45) is 0. The van der Waals surface area contributed by atoms with Crippen LogP contribution in [0.25, 0.3) is 11.0 Å². The van der Waals surface area contributed by atoms with Crippen molar-refractivity contribution in [2.24, 2.45) is 0 Å². The summed E-state index contributed by atoms with van der Waals surface area (Å²) in [5, 5.41) is 0.398. The predicted octanol–water partition coefficient (Wildman–Crippen LogP) is 3.21. The molecule has 0 fully saturated rings. The van der Waals surface area contributed by atoms with Gasteiger partial charge in [-0.2, -0.15) is 0 Å². The lowest BCUT2D eigenvalue weighted by Gasteiger charge is -2.20. The number of carbonyl (C=O) groups excluding carboxylic acids is 1. The summed E-state index contributed by atoms with van der Waals surface area (Å²) in [7, 11) is 0. The van der Waals surface area contributed by atoms with Crippen molar-refractivity contribution in [3.8, 4) is 0 Å². The number of hydrogen-bond acceptors (Lipinski definition) is 4. The Morgan fingerprint density at radius 1 is 0.964 bits per heavy atom. The van der Waals surface area contributed by atoms with Gasteiger partial charge in [0.25, 0.3) is 0 Å². The molecule has 0 bridgehead atoms. The fraction of sp³-hybridized carbons (Fsp3) is 0.286. The van der Waals surface area contributed by atoms with E-state index in [4.69, 9.17) is 16.3 Å². The second kappa shape index (κ2) is 7.64. The Morgan fingerprint density at radius 2 is 1.61 bits per heavy atom. The summed E-state index contributed by atoms with van der Waals surface area (Å²) >= 11 is 6.12. The highest BCUT2D eigenvalue weighted by atomic mass is 35.5. The number of fused-ring (bicyclic) bond motifs is 1. The van der Waals surface area contributed by atoms with Gasteiger partial charge in [-0.1, -0.05) is 41.9 Å². The molecule has 28 heavy (non-hydrogen) atoms. The van der Waals surface area contributed by atoms with Gasteiger partial charge in [0.1, 0.15) is 12.1 Å². The summed E-state index contributed by atoms with van der Waals surface area (Å²) in [6, 6.07) is 14.2. The van der Waals surface area contributed by atoms with Crippen LogP contribution < -0.4 is 11.1 Å². The lowest BCUT2D eigenvalue weighted by molar-refractivity contribution is -0.155. The van der Waals surface area contributed by atoms with Gasteiger partial charge in [0, 0.05) is 5.02 Å². The van der Waals surface area contributed by atoms with Gasteiger partial charge in [-0.15, -0.1) is 0 Å². The molecule has 0 N–H and O–H groups in total. The molecule has 0 aliphatic heterocycles. The van der Waals surface area contributed by atoms with E-state index in [1.807, 2.05) is 30.3 Å².